The summed E-state index contributed by atoms with van der Waals surface area (Å²) in [6.07, 6.45) is 1.68. The van der Waals surface area contributed by atoms with Gasteiger partial charge in [0.2, 0.25) is 11.9 Å². The number of halogens is 2. The molecule has 0 unspecified atom stereocenters. The van der Waals surface area contributed by atoms with Crippen LogP contribution in [0.5, 0.6) is 0 Å². The van der Waals surface area contributed by atoms with E-state index in [4.69, 9.17) is 11.6 Å². The lowest BCUT2D eigenvalue weighted by atomic mass is 9.73. The number of likely N-dealkylation sites (N-methyl/N-ethyl adjacent to an activating group) is 1. The highest BCUT2D eigenvalue weighted by Crippen LogP contribution is 2.47. The number of nitrogens with zero attached hydrogens (tertiary/aromatic N) is 8. The maximum atomic E-state index is 13.7. The topological polar surface area (TPSA) is 73.6 Å². The second kappa shape index (κ2) is 8.13. The van der Waals surface area contributed by atoms with Gasteiger partial charge in [-0.15, -0.1) is 10.2 Å². The molecule has 1 amide bonds. The Balaban J connectivity index is 1.15. The van der Waals surface area contributed by atoms with Crippen molar-refractivity contribution in [2.24, 2.45) is 5.41 Å². The summed E-state index contributed by atoms with van der Waals surface area (Å²) in [5.74, 6) is 2.36. The van der Waals surface area contributed by atoms with Gasteiger partial charge in [0.25, 0.3) is 0 Å². The predicted molar refractivity (Wildman–Crippen MR) is 142 cm³/mol. The standard InChI is InChI=1S/C27H30ClFN8O/c1-17-20(29)5-7-22(30-17)34-13-26(14-34)15-35(16-26)25-32-31-23-12-36(27(8-9-27)24(38)33(2)3)11-18-10-19(28)4-6-21(18)37(23)25/h4-7,10H,8-9,11-16H2,1-3H3. The van der Waals surface area contributed by atoms with Crippen LogP contribution in [0.1, 0.15) is 29.9 Å². The minimum Gasteiger partial charge on any atom is -0.355 e. The average molecular weight is 537 g/mol. The zero-order valence-electron chi connectivity index (χ0n) is 21.8. The van der Waals surface area contributed by atoms with Crippen molar-refractivity contribution >= 4 is 29.3 Å². The third kappa shape index (κ3) is 3.53. The van der Waals surface area contributed by atoms with E-state index >= 15 is 0 Å². The first-order valence-electron chi connectivity index (χ1n) is 13.0. The summed E-state index contributed by atoms with van der Waals surface area (Å²) in [5, 5.41) is 9.94. The zero-order valence-corrected chi connectivity index (χ0v) is 22.5. The Kier molecular flexibility index (Phi) is 5.10. The summed E-state index contributed by atoms with van der Waals surface area (Å²) >= 11 is 6.43. The van der Waals surface area contributed by atoms with E-state index in [0.717, 1.165) is 67.9 Å². The van der Waals surface area contributed by atoms with Crippen LogP contribution >= 0.6 is 11.6 Å². The van der Waals surface area contributed by atoms with Gasteiger partial charge in [-0.2, -0.15) is 0 Å². The van der Waals surface area contributed by atoms with Gasteiger partial charge in [-0.25, -0.2) is 9.37 Å². The third-order valence-electron chi connectivity index (χ3n) is 8.54. The number of carbonyl (C=O) groups excluding carboxylic acids is 1. The number of amides is 1. The molecule has 5 heterocycles. The molecule has 0 N–H and O–H groups in total. The van der Waals surface area contributed by atoms with Crippen LogP contribution in [0.4, 0.5) is 16.2 Å². The Morgan fingerprint density at radius 3 is 2.45 bits per heavy atom. The number of benzene rings is 1. The number of rotatable bonds is 4. The van der Waals surface area contributed by atoms with Crippen LogP contribution in [-0.4, -0.2) is 81.3 Å². The lowest BCUT2D eigenvalue weighted by Crippen LogP contribution is -2.73. The molecule has 4 aliphatic rings. The Labute approximate surface area is 225 Å². The highest BCUT2D eigenvalue weighted by atomic mass is 35.5. The fourth-order valence-electron chi connectivity index (χ4n) is 6.43. The molecule has 198 valence electrons. The number of hydrogen-bond acceptors (Lipinski definition) is 7. The molecule has 9 nitrogen and oxygen atoms in total. The summed E-state index contributed by atoms with van der Waals surface area (Å²) in [6, 6.07) is 9.18. The van der Waals surface area contributed by atoms with E-state index in [9.17, 15) is 9.18 Å². The minimum absolute atomic E-state index is 0.138. The molecule has 0 bridgehead atoms. The quantitative estimate of drug-likeness (QED) is 0.507. The molecular formula is C27H30ClFN8O. The number of carbonyl (C=O) groups is 1. The molecule has 3 aliphatic heterocycles. The van der Waals surface area contributed by atoms with E-state index in [1.165, 1.54) is 6.07 Å². The first-order chi connectivity index (χ1) is 18.2. The lowest BCUT2D eigenvalue weighted by Gasteiger charge is -2.60. The van der Waals surface area contributed by atoms with Crippen molar-refractivity contribution in [2.45, 2.75) is 38.4 Å². The Hall–Kier alpha value is -3.24. The van der Waals surface area contributed by atoms with E-state index in [2.05, 4.69) is 34.4 Å². The highest BCUT2D eigenvalue weighted by molar-refractivity contribution is 6.30. The van der Waals surface area contributed by atoms with Gasteiger partial charge in [0.15, 0.2) is 5.82 Å². The second-order valence-electron chi connectivity index (χ2n) is 11.6. The van der Waals surface area contributed by atoms with Gasteiger partial charge >= 0.3 is 0 Å². The highest BCUT2D eigenvalue weighted by Gasteiger charge is 2.57. The van der Waals surface area contributed by atoms with Crippen molar-refractivity contribution < 1.29 is 9.18 Å². The van der Waals surface area contributed by atoms with Crippen LogP contribution in [0.15, 0.2) is 30.3 Å². The number of aromatic nitrogens is 4. The predicted octanol–water partition coefficient (Wildman–Crippen LogP) is 3.03. The maximum Gasteiger partial charge on any atom is 0.242 e. The minimum atomic E-state index is -0.493. The van der Waals surface area contributed by atoms with Crippen LogP contribution < -0.4 is 9.80 Å². The normalized spacial score (nSPS) is 20.8. The molecule has 38 heavy (non-hydrogen) atoms. The van der Waals surface area contributed by atoms with Crippen molar-refractivity contribution in [3.05, 3.63) is 58.3 Å². The first-order valence-corrected chi connectivity index (χ1v) is 13.4. The first kappa shape index (κ1) is 23.8. The van der Waals surface area contributed by atoms with E-state index in [-0.39, 0.29) is 17.1 Å². The van der Waals surface area contributed by atoms with Crippen LogP contribution in [0.25, 0.3) is 5.69 Å². The van der Waals surface area contributed by atoms with Gasteiger partial charge in [-0.3, -0.25) is 14.3 Å². The van der Waals surface area contributed by atoms with Crippen LogP contribution in [0.2, 0.25) is 5.02 Å². The second-order valence-corrected chi connectivity index (χ2v) is 12.0. The van der Waals surface area contributed by atoms with E-state index < -0.39 is 5.54 Å². The molecule has 3 aromatic rings. The van der Waals surface area contributed by atoms with Gasteiger partial charge in [0.05, 0.1) is 17.9 Å². The lowest BCUT2D eigenvalue weighted by molar-refractivity contribution is -0.136. The summed E-state index contributed by atoms with van der Waals surface area (Å²) < 4.78 is 15.8. The number of anilines is 2. The Morgan fingerprint density at radius 2 is 1.76 bits per heavy atom. The fourth-order valence-corrected chi connectivity index (χ4v) is 6.63. The molecular weight excluding hydrogens is 507 g/mol. The van der Waals surface area contributed by atoms with Crippen LogP contribution in [0.3, 0.4) is 0 Å². The fraction of sp³-hybridized carbons (Fsp3) is 0.481. The summed E-state index contributed by atoms with van der Waals surface area (Å²) in [5.41, 5.74) is 2.19. The number of pyridine rings is 1. The molecule has 0 radical (unpaired) electrons. The summed E-state index contributed by atoms with van der Waals surface area (Å²) in [6.45, 7) is 6.39. The van der Waals surface area contributed by atoms with Gasteiger partial charge in [-0.05, 0) is 55.7 Å². The van der Waals surface area contributed by atoms with E-state index in [1.54, 1.807) is 17.9 Å². The number of hydrogen-bond donors (Lipinski definition) is 0. The molecule has 1 saturated carbocycles. The third-order valence-corrected chi connectivity index (χ3v) is 8.78. The van der Waals surface area contributed by atoms with Gasteiger partial charge in [-0.1, -0.05) is 11.6 Å². The van der Waals surface area contributed by atoms with Gasteiger partial charge in [0.1, 0.15) is 17.2 Å². The SMILES string of the molecule is Cc1nc(N2CC3(C2)CN(c2nnc4n2-c2ccc(Cl)cc2CN(C2(C(=O)N(C)C)CC2)C4)C3)ccc1F. The molecule has 0 atom stereocenters. The molecule has 2 aromatic heterocycles. The zero-order chi connectivity index (χ0) is 26.4. The van der Waals surface area contributed by atoms with Crippen molar-refractivity contribution in [3.8, 4) is 5.69 Å². The summed E-state index contributed by atoms with van der Waals surface area (Å²) in [4.78, 5) is 26.0. The molecule has 1 spiro atoms. The van der Waals surface area contributed by atoms with Gasteiger partial charge < -0.3 is 14.7 Å². The number of fused-ring (bicyclic) bond motifs is 3. The smallest absolute Gasteiger partial charge is 0.242 e. The molecule has 11 heteroatoms. The van der Waals surface area contributed by atoms with Crippen molar-refractivity contribution in [3.63, 3.8) is 0 Å². The summed E-state index contributed by atoms with van der Waals surface area (Å²) in [7, 11) is 3.64. The molecule has 1 aromatic carbocycles. The molecule has 1 aliphatic carbocycles. The van der Waals surface area contributed by atoms with E-state index in [0.29, 0.717) is 23.8 Å². The Morgan fingerprint density at radius 1 is 1.03 bits per heavy atom. The van der Waals surface area contributed by atoms with Crippen molar-refractivity contribution in [2.75, 3.05) is 50.1 Å². The van der Waals surface area contributed by atoms with Crippen molar-refractivity contribution in [1.29, 1.82) is 0 Å². The Bertz CT molecular complexity index is 1450. The number of aryl methyl sites for hydroxylation is 1. The van der Waals surface area contributed by atoms with Crippen LogP contribution in [-0.2, 0) is 17.9 Å². The van der Waals surface area contributed by atoms with Crippen LogP contribution in [0, 0.1) is 18.2 Å². The average Bonchev–Trinajstić information content (AvgIpc) is 3.57. The van der Waals surface area contributed by atoms with Crippen molar-refractivity contribution in [1.82, 2.24) is 29.5 Å². The molecule has 2 saturated heterocycles. The molecule has 3 fully saturated rings. The largest absolute Gasteiger partial charge is 0.355 e. The van der Waals surface area contributed by atoms with Gasteiger partial charge in [0, 0.05) is 57.3 Å². The molecule has 7 rings (SSSR count). The maximum absolute atomic E-state index is 13.7. The van der Waals surface area contributed by atoms with E-state index in [1.807, 2.05) is 32.3 Å². The monoisotopic (exact) mass is 536 g/mol.